The van der Waals surface area contributed by atoms with Crippen LogP contribution in [0.3, 0.4) is 0 Å². The average Bonchev–Trinajstić information content (AvgIpc) is 3.20. The predicted molar refractivity (Wildman–Crippen MR) is 86.6 cm³/mol. The molecule has 0 aromatic carbocycles. The van der Waals surface area contributed by atoms with Gasteiger partial charge in [0.05, 0.1) is 12.2 Å². The van der Waals surface area contributed by atoms with Crippen LogP contribution >= 0.6 is 0 Å². The molecule has 0 radical (unpaired) electrons. The second-order valence-corrected chi connectivity index (χ2v) is 6.47. The maximum Gasteiger partial charge on any atom is 0.303 e. The van der Waals surface area contributed by atoms with Crippen LogP contribution in [0.1, 0.15) is 96.8 Å². The summed E-state index contributed by atoms with van der Waals surface area (Å²) in [5.41, 5.74) is 0. The van der Waals surface area contributed by atoms with Crippen LogP contribution < -0.4 is 0 Å². The van der Waals surface area contributed by atoms with E-state index in [1.54, 1.807) is 0 Å². The van der Waals surface area contributed by atoms with E-state index >= 15 is 0 Å². The molecule has 0 spiro atoms. The van der Waals surface area contributed by atoms with Crippen molar-refractivity contribution < 1.29 is 14.6 Å². The first-order valence-corrected chi connectivity index (χ1v) is 9.11. The topological polar surface area (TPSA) is 49.8 Å². The molecule has 1 aliphatic rings. The lowest BCUT2D eigenvalue weighted by atomic mass is 10.0. The summed E-state index contributed by atoms with van der Waals surface area (Å²) in [7, 11) is 0. The van der Waals surface area contributed by atoms with Gasteiger partial charge >= 0.3 is 5.97 Å². The largest absolute Gasteiger partial charge is 0.481 e. The number of unbranched alkanes of at least 4 members (excludes halogenated alkanes) is 9. The van der Waals surface area contributed by atoms with Crippen LogP contribution in [0.5, 0.6) is 0 Å². The maximum atomic E-state index is 10.4. The predicted octanol–water partition coefficient (Wildman–Crippen LogP) is 5.32. The fraction of sp³-hybridized carbons (Fsp3) is 0.944. The molecule has 1 saturated heterocycles. The maximum absolute atomic E-state index is 10.4. The van der Waals surface area contributed by atoms with Crippen LogP contribution in [0, 0.1) is 0 Å². The third-order valence-corrected chi connectivity index (χ3v) is 4.41. The van der Waals surface area contributed by atoms with Gasteiger partial charge in [-0.2, -0.15) is 0 Å². The van der Waals surface area contributed by atoms with Crippen molar-refractivity contribution in [1.29, 1.82) is 0 Å². The van der Waals surface area contributed by atoms with E-state index in [2.05, 4.69) is 6.92 Å². The Bertz CT molecular complexity index is 265. The van der Waals surface area contributed by atoms with Crippen LogP contribution in [0.4, 0.5) is 0 Å². The summed E-state index contributed by atoms with van der Waals surface area (Å²) in [5, 5.41) is 8.54. The number of rotatable bonds is 15. The molecule has 0 bridgehead atoms. The van der Waals surface area contributed by atoms with Gasteiger partial charge in [0.1, 0.15) is 0 Å². The average molecular weight is 298 g/mol. The minimum absolute atomic E-state index is 0.329. The minimum atomic E-state index is -0.665. The number of carbonyl (C=O) groups is 1. The summed E-state index contributed by atoms with van der Waals surface area (Å²) in [5.74, 6) is -0.665. The number of epoxide rings is 1. The molecule has 1 N–H and O–H groups in total. The summed E-state index contributed by atoms with van der Waals surface area (Å²) < 4.78 is 5.73. The van der Waals surface area contributed by atoms with E-state index in [4.69, 9.17) is 9.84 Å². The molecule has 2 atom stereocenters. The van der Waals surface area contributed by atoms with Gasteiger partial charge in [-0.25, -0.2) is 0 Å². The molecular formula is C18H34O3. The minimum Gasteiger partial charge on any atom is -0.481 e. The molecule has 21 heavy (non-hydrogen) atoms. The normalized spacial score (nSPS) is 20.6. The number of aliphatic carboxylic acids is 1. The number of carboxylic acids is 1. The highest BCUT2D eigenvalue weighted by Crippen LogP contribution is 2.31. The number of hydrogen-bond acceptors (Lipinski definition) is 2. The third-order valence-electron chi connectivity index (χ3n) is 4.41. The van der Waals surface area contributed by atoms with Crippen molar-refractivity contribution in [2.75, 3.05) is 0 Å². The molecule has 1 heterocycles. The first-order valence-electron chi connectivity index (χ1n) is 9.11. The summed E-state index contributed by atoms with van der Waals surface area (Å²) >= 11 is 0. The van der Waals surface area contributed by atoms with Crippen molar-refractivity contribution in [3.63, 3.8) is 0 Å². The summed E-state index contributed by atoms with van der Waals surface area (Å²) in [6, 6.07) is 0. The molecule has 0 aromatic heterocycles. The first kappa shape index (κ1) is 18.5. The molecule has 1 aliphatic heterocycles. The van der Waals surface area contributed by atoms with Gasteiger partial charge in [-0.3, -0.25) is 4.79 Å². The molecule has 0 unspecified atom stereocenters. The van der Waals surface area contributed by atoms with Crippen molar-refractivity contribution >= 4 is 5.97 Å². The molecule has 0 saturated carbocycles. The number of hydrogen-bond donors (Lipinski definition) is 1. The van der Waals surface area contributed by atoms with Gasteiger partial charge < -0.3 is 9.84 Å². The number of ether oxygens (including phenoxy) is 1. The van der Waals surface area contributed by atoms with Gasteiger partial charge in [-0.1, -0.05) is 71.1 Å². The highest BCUT2D eigenvalue weighted by atomic mass is 16.6. The van der Waals surface area contributed by atoms with Crippen LogP contribution in [0.25, 0.3) is 0 Å². The Kier molecular flexibility index (Phi) is 10.6. The fourth-order valence-corrected chi connectivity index (χ4v) is 2.96. The lowest BCUT2D eigenvalue weighted by Crippen LogP contribution is -1.95. The van der Waals surface area contributed by atoms with E-state index in [9.17, 15) is 4.79 Å². The summed E-state index contributed by atoms with van der Waals surface area (Å²) in [6.07, 6.45) is 17.6. The molecule has 3 heteroatoms. The molecule has 0 amide bonds. The monoisotopic (exact) mass is 298 g/mol. The van der Waals surface area contributed by atoms with Gasteiger partial charge in [-0.05, 0) is 19.3 Å². The zero-order valence-corrected chi connectivity index (χ0v) is 13.8. The second kappa shape index (κ2) is 12.0. The molecule has 0 aliphatic carbocycles. The van der Waals surface area contributed by atoms with Gasteiger partial charge in [0, 0.05) is 6.42 Å². The Labute approximate surface area is 130 Å². The summed E-state index contributed by atoms with van der Waals surface area (Å²) in [6.45, 7) is 2.26. The Balaban J connectivity index is 1.76. The van der Waals surface area contributed by atoms with E-state index in [0.29, 0.717) is 18.6 Å². The van der Waals surface area contributed by atoms with Crippen molar-refractivity contribution in [3.05, 3.63) is 0 Å². The van der Waals surface area contributed by atoms with E-state index in [-0.39, 0.29) is 0 Å². The van der Waals surface area contributed by atoms with E-state index in [1.807, 2.05) is 0 Å². The standard InChI is InChI=1S/C18H34O3/c1-2-3-4-7-10-13-16-17(21-16)14-11-8-5-6-9-12-15-18(19)20/h16-17H,2-15H2,1H3,(H,19,20)/t16-,17-/m0/s1. The summed E-state index contributed by atoms with van der Waals surface area (Å²) in [4.78, 5) is 10.4. The Morgan fingerprint density at radius 1 is 0.810 bits per heavy atom. The Morgan fingerprint density at radius 3 is 1.81 bits per heavy atom. The second-order valence-electron chi connectivity index (χ2n) is 6.47. The van der Waals surface area contributed by atoms with Crippen LogP contribution in [-0.4, -0.2) is 23.3 Å². The molecular weight excluding hydrogens is 264 g/mol. The fourth-order valence-electron chi connectivity index (χ4n) is 2.96. The molecule has 124 valence electrons. The zero-order valence-electron chi connectivity index (χ0n) is 13.8. The molecule has 1 rings (SSSR count). The van der Waals surface area contributed by atoms with Crippen molar-refractivity contribution in [2.24, 2.45) is 0 Å². The van der Waals surface area contributed by atoms with Crippen molar-refractivity contribution in [1.82, 2.24) is 0 Å². The molecule has 0 aromatic rings. The van der Waals surface area contributed by atoms with Gasteiger partial charge in [-0.15, -0.1) is 0 Å². The lowest BCUT2D eigenvalue weighted by molar-refractivity contribution is -0.137. The van der Waals surface area contributed by atoms with Crippen LogP contribution in [0.2, 0.25) is 0 Å². The van der Waals surface area contributed by atoms with E-state index < -0.39 is 5.97 Å². The van der Waals surface area contributed by atoms with Crippen molar-refractivity contribution in [2.45, 2.75) is 109 Å². The Hall–Kier alpha value is -0.570. The number of carboxylic acid groups (broad SMARTS) is 1. The Morgan fingerprint density at radius 2 is 1.29 bits per heavy atom. The van der Waals surface area contributed by atoms with Crippen molar-refractivity contribution in [3.8, 4) is 0 Å². The zero-order chi connectivity index (χ0) is 15.3. The molecule has 1 fully saturated rings. The highest BCUT2D eigenvalue weighted by Gasteiger charge is 2.36. The van der Waals surface area contributed by atoms with Gasteiger partial charge in [0.15, 0.2) is 0 Å². The van der Waals surface area contributed by atoms with Gasteiger partial charge in [0.2, 0.25) is 0 Å². The van der Waals surface area contributed by atoms with Crippen LogP contribution in [-0.2, 0) is 9.53 Å². The first-order chi connectivity index (χ1) is 10.2. The lowest BCUT2D eigenvalue weighted by Gasteiger charge is -2.00. The smallest absolute Gasteiger partial charge is 0.303 e. The van der Waals surface area contributed by atoms with E-state index in [1.165, 1.54) is 70.6 Å². The van der Waals surface area contributed by atoms with Gasteiger partial charge in [0.25, 0.3) is 0 Å². The van der Waals surface area contributed by atoms with Crippen LogP contribution in [0.15, 0.2) is 0 Å². The molecule has 3 nitrogen and oxygen atoms in total. The SMILES string of the molecule is CCCCCCC[C@@H]1O[C@H]1CCCCCCCCC(=O)O. The highest BCUT2D eigenvalue weighted by molar-refractivity contribution is 5.66. The van der Waals surface area contributed by atoms with E-state index in [0.717, 1.165) is 12.8 Å². The quantitative estimate of drug-likeness (QED) is 0.329. The third kappa shape index (κ3) is 10.8.